The molecule has 0 aliphatic heterocycles. The molecule has 0 fully saturated rings. The summed E-state index contributed by atoms with van der Waals surface area (Å²) in [4.78, 5) is 26.2. The Balaban J connectivity index is 1.40. The second-order valence-electron chi connectivity index (χ2n) is 8.45. The summed E-state index contributed by atoms with van der Waals surface area (Å²) in [6.07, 6.45) is 3.10. The van der Waals surface area contributed by atoms with Crippen molar-refractivity contribution in [2.75, 3.05) is 11.5 Å². The number of fused-ring (bicyclic) bond motifs is 3. The van der Waals surface area contributed by atoms with Crippen LogP contribution in [0, 0.1) is 0 Å². The van der Waals surface area contributed by atoms with Crippen LogP contribution in [0.3, 0.4) is 0 Å². The lowest BCUT2D eigenvalue weighted by Crippen LogP contribution is -2.32. The van der Waals surface area contributed by atoms with Gasteiger partial charge in [-0.05, 0) is 53.4 Å². The van der Waals surface area contributed by atoms with Gasteiger partial charge in [-0.3, -0.25) is 9.58 Å². The molecule has 1 heterocycles. The molecule has 0 spiro atoms. The Kier molecular flexibility index (Phi) is 6.06. The minimum Gasteiger partial charge on any atom is -0.478 e. The zero-order chi connectivity index (χ0) is 24.4. The average molecular weight is 468 g/mol. The number of carboxylic acid groups (broad SMARTS) is 1. The molecule has 0 bridgehead atoms. The molecule has 0 saturated heterocycles. The highest BCUT2D eigenvalue weighted by Gasteiger charge is 2.30. The number of aromatic carboxylic acids is 1. The van der Waals surface area contributed by atoms with Crippen LogP contribution >= 0.6 is 0 Å². The summed E-state index contributed by atoms with van der Waals surface area (Å²) in [5.41, 5.74) is 6.17. The van der Waals surface area contributed by atoms with Crippen molar-refractivity contribution >= 4 is 17.7 Å². The fourth-order valence-electron chi connectivity index (χ4n) is 4.56. The number of hydrogen-bond donors (Lipinski definition) is 1. The molecule has 1 amide bonds. The zero-order valence-corrected chi connectivity index (χ0v) is 19.3. The number of amides is 1. The normalized spacial score (nSPS) is 12.1. The lowest BCUT2D eigenvalue weighted by Gasteiger charge is -2.23. The molecule has 35 heavy (non-hydrogen) atoms. The van der Waals surface area contributed by atoms with E-state index in [0.717, 1.165) is 34.4 Å². The van der Waals surface area contributed by atoms with Gasteiger partial charge in [-0.1, -0.05) is 48.5 Å². The van der Waals surface area contributed by atoms with Crippen LogP contribution in [0.2, 0.25) is 0 Å². The first-order valence-corrected chi connectivity index (χ1v) is 11.5. The van der Waals surface area contributed by atoms with E-state index in [2.05, 4.69) is 29.4 Å². The maximum Gasteiger partial charge on any atom is 0.414 e. The van der Waals surface area contributed by atoms with Crippen molar-refractivity contribution in [3.63, 3.8) is 0 Å². The largest absolute Gasteiger partial charge is 0.478 e. The summed E-state index contributed by atoms with van der Waals surface area (Å²) in [6, 6.07) is 22.6. The molecular formula is C28H25N3O4. The van der Waals surface area contributed by atoms with E-state index in [0.29, 0.717) is 5.69 Å². The van der Waals surface area contributed by atoms with Gasteiger partial charge in [-0.15, -0.1) is 0 Å². The molecule has 0 atom stereocenters. The molecule has 7 nitrogen and oxygen atoms in total. The Morgan fingerprint density at radius 3 is 2.17 bits per heavy atom. The van der Waals surface area contributed by atoms with E-state index in [1.165, 1.54) is 17.0 Å². The van der Waals surface area contributed by atoms with Crippen molar-refractivity contribution in [2.24, 2.45) is 0 Å². The van der Waals surface area contributed by atoms with E-state index in [9.17, 15) is 14.7 Å². The highest BCUT2D eigenvalue weighted by atomic mass is 16.6. The molecule has 176 valence electrons. The molecule has 0 radical (unpaired) electrons. The third-order valence-corrected chi connectivity index (χ3v) is 6.33. The third kappa shape index (κ3) is 4.40. The molecule has 1 aliphatic rings. The van der Waals surface area contributed by atoms with Crippen LogP contribution in [0.15, 0.2) is 85.2 Å². The molecule has 7 heteroatoms. The first-order chi connectivity index (χ1) is 17.0. The van der Waals surface area contributed by atoms with Crippen molar-refractivity contribution in [3.8, 4) is 11.1 Å². The van der Waals surface area contributed by atoms with E-state index in [4.69, 9.17) is 4.74 Å². The Hall–Kier alpha value is -4.39. The Morgan fingerprint density at radius 1 is 0.971 bits per heavy atom. The van der Waals surface area contributed by atoms with Gasteiger partial charge >= 0.3 is 12.1 Å². The van der Waals surface area contributed by atoms with Gasteiger partial charge in [0.25, 0.3) is 0 Å². The number of ether oxygens (including phenoxy) is 1. The van der Waals surface area contributed by atoms with Gasteiger partial charge in [-0.25, -0.2) is 9.59 Å². The molecule has 0 saturated carbocycles. The topological polar surface area (TPSA) is 84.7 Å². The number of benzene rings is 3. The van der Waals surface area contributed by atoms with Gasteiger partial charge in [0.15, 0.2) is 0 Å². The molecular weight excluding hydrogens is 442 g/mol. The summed E-state index contributed by atoms with van der Waals surface area (Å²) in [5, 5.41) is 13.5. The number of aryl methyl sites for hydroxylation is 1. The molecule has 1 aromatic heterocycles. The van der Waals surface area contributed by atoms with Crippen molar-refractivity contribution < 1.29 is 19.4 Å². The minimum atomic E-state index is -1.02. The number of carbonyl (C=O) groups is 2. The van der Waals surface area contributed by atoms with Gasteiger partial charge in [-0.2, -0.15) is 5.10 Å². The predicted octanol–water partition coefficient (Wildman–Crippen LogP) is 5.56. The number of carboxylic acids is 1. The lowest BCUT2D eigenvalue weighted by atomic mass is 9.98. The van der Waals surface area contributed by atoms with Crippen LogP contribution in [0.5, 0.6) is 0 Å². The zero-order valence-electron chi connectivity index (χ0n) is 19.3. The quantitative estimate of drug-likeness (QED) is 0.385. The Bertz CT molecular complexity index is 1330. The molecule has 3 aromatic carbocycles. The second-order valence-corrected chi connectivity index (χ2v) is 8.45. The smallest absolute Gasteiger partial charge is 0.414 e. The van der Waals surface area contributed by atoms with Crippen LogP contribution in [0.25, 0.3) is 11.1 Å². The van der Waals surface area contributed by atoms with E-state index < -0.39 is 12.1 Å². The summed E-state index contributed by atoms with van der Waals surface area (Å²) in [5.74, 6) is -1.07. The summed E-state index contributed by atoms with van der Waals surface area (Å²) < 4.78 is 7.67. The minimum absolute atomic E-state index is 0.0505. The number of anilines is 1. The molecule has 5 rings (SSSR count). The number of rotatable bonds is 7. The van der Waals surface area contributed by atoms with Gasteiger partial charge in [0, 0.05) is 29.9 Å². The lowest BCUT2D eigenvalue weighted by molar-refractivity contribution is 0.0697. The maximum absolute atomic E-state index is 13.4. The number of hydrogen-bond acceptors (Lipinski definition) is 4. The van der Waals surface area contributed by atoms with Gasteiger partial charge in [0.2, 0.25) is 0 Å². The van der Waals surface area contributed by atoms with Gasteiger partial charge in [0.1, 0.15) is 6.61 Å². The maximum atomic E-state index is 13.4. The van der Waals surface area contributed by atoms with Crippen molar-refractivity contribution in [3.05, 3.63) is 107 Å². The number of carbonyl (C=O) groups excluding carboxylic acids is 1. The summed E-state index contributed by atoms with van der Waals surface area (Å²) in [7, 11) is 0. The van der Waals surface area contributed by atoms with Crippen molar-refractivity contribution in [1.29, 1.82) is 0 Å². The third-order valence-electron chi connectivity index (χ3n) is 6.33. The van der Waals surface area contributed by atoms with E-state index in [1.54, 1.807) is 23.0 Å². The van der Waals surface area contributed by atoms with Crippen LogP contribution in [0.1, 0.15) is 39.9 Å². The van der Waals surface area contributed by atoms with Crippen molar-refractivity contribution in [1.82, 2.24) is 9.78 Å². The standard InChI is InChI=1S/C28H25N3O4/c1-2-30-16-19(15-29-30)17-31(21-13-11-20(12-14-21)27(32)33)28(34)35-18-26-24-9-5-3-7-22(24)23-8-4-6-10-25(23)26/h3-16,26H,2,17-18H2,1H3,(H,32,33). The number of nitrogens with zero attached hydrogens (tertiary/aromatic N) is 3. The van der Waals surface area contributed by atoms with Crippen LogP contribution in [-0.2, 0) is 17.8 Å². The summed E-state index contributed by atoms with van der Waals surface area (Å²) in [6.45, 7) is 3.16. The fraction of sp³-hybridized carbons (Fsp3) is 0.179. The van der Waals surface area contributed by atoms with E-state index in [-0.39, 0.29) is 24.6 Å². The molecule has 4 aromatic rings. The fourth-order valence-corrected chi connectivity index (χ4v) is 4.56. The highest BCUT2D eigenvalue weighted by molar-refractivity contribution is 5.91. The SMILES string of the molecule is CCn1cc(CN(C(=O)OCC2c3ccccc3-c3ccccc32)c2ccc(C(=O)O)cc2)cn1. The van der Waals surface area contributed by atoms with Gasteiger partial charge < -0.3 is 9.84 Å². The summed E-state index contributed by atoms with van der Waals surface area (Å²) >= 11 is 0. The molecule has 1 N–H and O–H groups in total. The Morgan fingerprint density at radius 2 is 1.60 bits per heavy atom. The van der Waals surface area contributed by atoms with Crippen molar-refractivity contribution in [2.45, 2.75) is 25.9 Å². The monoisotopic (exact) mass is 467 g/mol. The van der Waals surface area contributed by atoms with E-state index in [1.807, 2.05) is 37.4 Å². The molecule has 0 unspecified atom stereocenters. The predicted molar refractivity (Wildman–Crippen MR) is 133 cm³/mol. The first-order valence-electron chi connectivity index (χ1n) is 11.5. The first kappa shape index (κ1) is 22.4. The van der Waals surface area contributed by atoms with Gasteiger partial charge in [0.05, 0.1) is 18.3 Å². The van der Waals surface area contributed by atoms with Crippen LogP contribution < -0.4 is 4.90 Å². The average Bonchev–Trinajstić information content (AvgIpc) is 3.48. The van der Waals surface area contributed by atoms with Crippen LogP contribution in [-0.4, -0.2) is 33.6 Å². The highest BCUT2D eigenvalue weighted by Crippen LogP contribution is 2.44. The van der Waals surface area contributed by atoms with Crippen LogP contribution in [0.4, 0.5) is 10.5 Å². The number of aromatic nitrogens is 2. The second kappa shape index (κ2) is 9.46. The Labute approximate surface area is 203 Å². The molecule has 1 aliphatic carbocycles. The van der Waals surface area contributed by atoms with E-state index >= 15 is 0 Å².